The van der Waals surface area contributed by atoms with E-state index in [9.17, 15) is 31.2 Å². The normalized spacial score (nSPS) is 24.0. The molecule has 2 aliphatic rings. The number of halogens is 3. The van der Waals surface area contributed by atoms with Crippen LogP contribution in [0.4, 0.5) is 18.9 Å². The number of carbonyl (C=O) groups excluding carboxylic acids is 2. The van der Waals surface area contributed by atoms with Gasteiger partial charge in [0.1, 0.15) is 0 Å². The van der Waals surface area contributed by atoms with Gasteiger partial charge in [0.15, 0.2) is 0 Å². The number of fused-ring (bicyclic) bond motifs is 1. The highest BCUT2D eigenvalue weighted by atomic mass is 32.2. The molecule has 0 unspecified atom stereocenters. The maximum Gasteiger partial charge on any atom is 0.393 e. The van der Waals surface area contributed by atoms with Gasteiger partial charge in [0.25, 0.3) is 11.7 Å². The Hall–Kier alpha value is -1.98. The highest BCUT2D eigenvalue weighted by molar-refractivity contribution is 7.89. The fourth-order valence-electron chi connectivity index (χ4n) is 3.18. The number of alkyl halides is 3. The van der Waals surface area contributed by atoms with Gasteiger partial charge in [0.05, 0.1) is 28.7 Å². The lowest BCUT2D eigenvalue weighted by atomic mass is 10.1. The van der Waals surface area contributed by atoms with Gasteiger partial charge < -0.3 is 10.1 Å². The van der Waals surface area contributed by atoms with E-state index in [-0.39, 0.29) is 22.8 Å². The first kappa shape index (κ1) is 18.8. The van der Waals surface area contributed by atoms with Crippen molar-refractivity contribution in [1.82, 2.24) is 4.31 Å². The van der Waals surface area contributed by atoms with Gasteiger partial charge >= 0.3 is 6.18 Å². The first-order valence-electron chi connectivity index (χ1n) is 7.63. The second kappa shape index (κ2) is 6.32. The molecule has 1 saturated heterocycles. The molecule has 142 valence electrons. The van der Waals surface area contributed by atoms with Gasteiger partial charge in [-0.15, -0.1) is 0 Å². The molecule has 0 spiro atoms. The summed E-state index contributed by atoms with van der Waals surface area (Å²) in [6, 6.07) is 2.43. The van der Waals surface area contributed by atoms with Crippen molar-refractivity contribution < 1.29 is 35.9 Å². The van der Waals surface area contributed by atoms with E-state index < -0.39 is 52.8 Å². The van der Waals surface area contributed by atoms with Crippen molar-refractivity contribution in [3.63, 3.8) is 0 Å². The first-order chi connectivity index (χ1) is 12.1. The smallest absolute Gasteiger partial charge is 0.383 e. The van der Waals surface area contributed by atoms with Crippen molar-refractivity contribution in [2.45, 2.75) is 23.5 Å². The topological polar surface area (TPSA) is 92.8 Å². The third-order valence-electron chi connectivity index (χ3n) is 4.48. The summed E-state index contributed by atoms with van der Waals surface area (Å²) < 4.78 is 70.5. The number of Topliss-reactive ketones (excluding diaryl/α,β-unsaturated/α-hetero) is 1. The SMILES string of the molecule is COC[C@@H]1C[C@@H](C(F)(F)F)CN1S(=O)(=O)c1ccc2c(c1)C(=O)C(=O)N2. The third-order valence-corrected chi connectivity index (χ3v) is 6.40. The third kappa shape index (κ3) is 3.10. The lowest BCUT2D eigenvalue weighted by Crippen LogP contribution is -2.38. The highest BCUT2D eigenvalue weighted by Crippen LogP contribution is 2.39. The molecule has 2 heterocycles. The lowest BCUT2D eigenvalue weighted by Gasteiger charge is -2.23. The van der Waals surface area contributed by atoms with E-state index in [1.807, 2.05) is 0 Å². The van der Waals surface area contributed by atoms with E-state index in [0.717, 1.165) is 16.4 Å². The van der Waals surface area contributed by atoms with Crippen LogP contribution in [0.2, 0.25) is 0 Å². The molecule has 2 aliphatic heterocycles. The van der Waals surface area contributed by atoms with Crippen LogP contribution in [0.15, 0.2) is 23.1 Å². The first-order valence-corrected chi connectivity index (χ1v) is 9.07. The van der Waals surface area contributed by atoms with Crippen LogP contribution >= 0.6 is 0 Å². The van der Waals surface area contributed by atoms with E-state index in [2.05, 4.69) is 5.32 Å². The molecular formula is C15H15F3N2O5S. The Bertz CT molecular complexity index is 869. The summed E-state index contributed by atoms with van der Waals surface area (Å²) in [7, 11) is -3.03. The van der Waals surface area contributed by atoms with Crippen LogP contribution in [0.25, 0.3) is 0 Å². The van der Waals surface area contributed by atoms with Gasteiger partial charge in [-0.25, -0.2) is 8.42 Å². The Morgan fingerprint density at radius 2 is 2.00 bits per heavy atom. The number of anilines is 1. The van der Waals surface area contributed by atoms with Crippen molar-refractivity contribution in [1.29, 1.82) is 0 Å². The van der Waals surface area contributed by atoms with Gasteiger partial charge in [0, 0.05) is 19.7 Å². The van der Waals surface area contributed by atoms with Crippen LogP contribution in [0.1, 0.15) is 16.8 Å². The fraction of sp³-hybridized carbons (Fsp3) is 0.467. The summed E-state index contributed by atoms with van der Waals surface area (Å²) >= 11 is 0. The molecule has 0 aromatic heterocycles. The maximum absolute atomic E-state index is 13.1. The van der Waals surface area contributed by atoms with Crippen LogP contribution in [0.3, 0.4) is 0 Å². The zero-order chi connectivity index (χ0) is 19.3. The number of sulfonamides is 1. The Morgan fingerprint density at radius 1 is 1.31 bits per heavy atom. The number of methoxy groups -OCH3 is 1. The molecule has 7 nitrogen and oxygen atoms in total. The van der Waals surface area contributed by atoms with Crippen LogP contribution < -0.4 is 5.32 Å². The number of ether oxygens (including phenoxy) is 1. The summed E-state index contributed by atoms with van der Waals surface area (Å²) in [5, 5.41) is 2.29. The molecule has 1 N–H and O–H groups in total. The molecule has 1 amide bonds. The summed E-state index contributed by atoms with van der Waals surface area (Å²) in [5.74, 6) is -3.57. The number of rotatable bonds is 4. The average Bonchev–Trinajstić information content (AvgIpc) is 3.10. The average molecular weight is 392 g/mol. The number of hydrogen-bond donors (Lipinski definition) is 1. The molecule has 2 atom stereocenters. The molecule has 0 radical (unpaired) electrons. The number of carbonyl (C=O) groups is 2. The molecule has 1 aromatic carbocycles. The zero-order valence-electron chi connectivity index (χ0n) is 13.5. The Morgan fingerprint density at radius 3 is 2.62 bits per heavy atom. The summed E-state index contributed by atoms with van der Waals surface area (Å²) in [4.78, 5) is 22.8. The second-order valence-corrected chi connectivity index (χ2v) is 8.04. The van der Waals surface area contributed by atoms with Gasteiger partial charge in [-0.1, -0.05) is 0 Å². The monoisotopic (exact) mass is 392 g/mol. The van der Waals surface area contributed by atoms with Crippen LogP contribution in [-0.4, -0.2) is 56.9 Å². The van der Waals surface area contributed by atoms with E-state index >= 15 is 0 Å². The van der Waals surface area contributed by atoms with Crippen LogP contribution in [-0.2, 0) is 19.6 Å². The van der Waals surface area contributed by atoms with Crippen molar-refractivity contribution in [2.24, 2.45) is 5.92 Å². The second-order valence-electron chi connectivity index (χ2n) is 6.15. The maximum atomic E-state index is 13.1. The van der Waals surface area contributed by atoms with Gasteiger partial charge in [0.2, 0.25) is 10.0 Å². The van der Waals surface area contributed by atoms with Crippen molar-refractivity contribution in [2.75, 3.05) is 25.6 Å². The minimum absolute atomic E-state index is 0.120. The van der Waals surface area contributed by atoms with E-state index in [0.29, 0.717) is 0 Å². The highest BCUT2D eigenvalue weighted by Gasteiger charge is 2.51. The quantitative estimate of drug-likeness (QED) is 0.783. The molecule has 3 rings (SSSR count). The van der Waals surface area contributed by atoms with Crippen molar-refractivity contribution in [3.8, 4) is 0 Å². The van der Waals surface area contributed by atoms with E-state index in [1.165, 1.54) is 13.2 Å². The minimum atomic E-state index is -4.53. The molecule has 11 heteroatoms. The van der Waals surface area contributed by atoms with E-state index in [1.54, 1.807) is 0 Å². The Balaban J connectivity index is 1.97. The van der Waals surface area contributed by atoms with Crippen LogP contribution in [0.5, 0.6) is 0 Å². The zero-order valence-corrected chi connectivity index (χ0v) is 14.4. The number of nitrogens with one attached hydrogen (secondary N) is 1. The summed E-state index contributed by atoms with van der Waals surface area (Å²) in [6.45, 7) is -0.905. The fourth-order valence-corrected chi connectivity index (χ4v) is 4.87. The molecule has 1 fully saturated rings. The predicted octanol–water partition coefficient (Wildman–Crippen LogP) is 1.41. The molecule has 0 bridgehead atoms. The Labute approximate surface area is 147 Å². The van der Waals surface area contributed by atoms with Crippen LogP contribution in [0, 0.1) is 5.92 Å². The van der Waals surface area contributed by atoms with Crippen molar-refractivity contribution >= 4 is 27.4 Å². The van der Waals surface area contributed by atoms with Crippen molar-refractivity contribution in [3.05, 3.63) is 23.8 Å². The Kier molecular flexibility index (Phi) is 4.57. The van der Waals surface area contributed by atoms with Gasteiger partial charge in [-0.3, -0.25) is 9.59 Å². The number of hydrogen-bond acceptors (Lipinski definition) is 5. The number of benzene rings is 1. The molecule has 0 aliphatic carbocycles. The molecule has 1 aromatic rings. The van der Waals surface area contributed by atoms with Gasteiger partial charge in [-0.2, -0.15) is 17.5 Å². The number of nitrogens with zero attached hydrogens (tertiary/aromatic N) is 1. The summed E-state index contributed by atoms with van der Waals surface area (Å²) in [6.07, 6.45) is -4.93. The largest absolute Gasteiger partial charge is 0.393 e. The predicted molar refractivity (Wildman–Crippen MR) is 83.1 cm³/mol. The number of amides is 1. The minimum Gasteiger partial charge on any atom is -0.383 e. The molecule has 26 heavy (non-hydrogen) atoms. The van der Waals surface area contributed by atoms with Gasteiger partial charge in [-0.05, 0) is 24.6 Å². The van der Waals surface area contributed by atoms with E-state index in [4.69, 9.17) is 4.74 Å². The standard InChI is InChI=1S/C15H15F3N2O5S/c1-25-7-9-4-8(15(16,17)18)6-20(9)26(23,24)10-2-3-12-11(5-10)13(21)14(22)19-12/h2-3,5,8-9H,4,6-7H2,1H3,(H,19,21,22)/t8-,9+/m1/s1. The molecule has 0 saturated carbocycles. The summed E-state index contributed by atoms with van der Waals surface area (Å²) in [5.41, 5.74) is 0.0490. The number of ketones is 1. The molecular weight excluding hydrogens is 377 g/mol. The lowest BCUT2D eigenvalue weighted by molar-refractivity contribution is -0.170.